The molecule has 1 atom stereocenters. The van der Waals surface area contributed by atoms with E-state index in [1.165, 1.54) is 7.11 Å². The van der Waals surface area contributed by atoms with E-state index in [1.807, 2.05) is 30.3 Å². The Balaban J connectivity index is 1.80. The van der Waals surface area contributed by atoms with Crippen LogP contribution in [0.4, 0.5) is 4.79 Å². The highest BCUT2D eigenvalue weighted by Gasteiger charge is 2.58. The molecule has 0 radical (unpaired) electrons. The molecule has 3 rings (SSSR count). The second kappa shape index (κ2) is 9.57. The van der Waals surface area contributed by atoms with Gasteiger partial charge in [-0.2, -0.15) is 0 Å². The van der Waals surface area contributed by atoms with E-state index in [2.05, 4.69) is 11.8 Å². The van der Waals surface area contributed by atoms with Crippen LogP contribution in [0, 0.1) is 0 Å². The number of piperidine rings is 1. The fourth-order valence-electron chi connectivity index (χ4n) is 4.48. The highest BCUT2D eigenvalue weighted by molar-refractivity contribution is 6.08. The summed E-state index contributed by atoms with van der Waals surface area (Å²) in [5.41, 5.74) is 0.203. The van der Waals surface area contributed by atoms with Gasteiger partial charge in [0, 0.05) is 32.8 Å². The van der Waals surface area contributed by atoms with Gasteiger partial charge in [0.05, 0.1) is 13.7 Å². The fourth-order valence-corrected chi connectivity index (χ4v) is 4.48. The van der Waals surface area contributed by atoms with Crippen molar-refractivity contribution < 1.29 is 23.9 Å². The van der Waals surface area contributed by atoms with Crippen molar-refractivity contribution >= 4 is 17.9 Å². The van der Waals surface area contributed by atoms with Gasteiger partial charge in [-0.1, -0.05) is 30.3 Å². The van der Waals surface area contributed by atoms with Gasteiger partial charge in [0.25, 0.3) is 5.91 Å². The lowest BCUT2D eigenvalue weighted by Gasteiger charge is -2.44. The van der Waals surface area contributed by atoms with Crippen LogP contribution in [0.3, 0.4) is 0 Å². The maximum Gasteiger partial charge on any atom is 0.328 e. The number of methoxy groups -OCH3 is 2. The van der Waals surface area contributed by atoms with Crippen LogP contribution >= 0.6 is 0 Å². The van der Waals surface area contributed by atoms with Gasteiger partial charge < -0.3 is 14.4 Å². The van der Waals surface area contributed by atoms with E-state index in [0.29, 0.717) is 45.5 Å². The summed E-state index contributed by atoms with van der Waals surface area (Å²) in [4.78, 5) is 43.4. The third-order valence-corrected chi connectivity index (χ3v) is 6.26. The molecule has 1 aromatic rings. The Labute approximate surface area is 177 Å². The lowest BCUT2D eigenvalue weighted by Crippen LogP contribution is -2.58. The Kier molecular flexibility index (Phi) is 7.10. The van der Waals surface area contributed by atoms with Crippen molar-refractivity contribution in [3.05, 3.63) is 35.9 Å². The topological polar surface area (TPSA) is 79.4 Å². The SMILES string of the molecule is COC[C@H](C)N1CCC2(CC1)C(=O)N(CC(=O)OC)C(=O)N2CCc1ccccc1. The van der Waals surface area contributed by atoms with Crippen LogP contribution in [-0.2, 0) is 25.5 Å². The zero-order valence-electron chi connectivity index (χ0n) is 18.0. The molecule has 2 saturated heterocycles. The summed E-state index contributed by atoms with van der Waals surface area (Å²) < 4.78 is 9.96. The minimum atomic E-state index is -0.900. The number of benzene rings is 1. The van der Waals surface area contributed by atoms with Crippen LogP contribution in [0.1, 0.15) is 25.3 Å². The number of ether oxygens (including phenoxy) is 2. The molecule has 0 aliphatic carbocycles. The molecule has 2 fully saturated rings. The number of nitrogens with zero attached hydrogens (tertiary/aromatic N) is 3. The molecule has 0 unspecified atom stereocenters. The highest BCUT2D eigenvalue weighted by Crippen LogP contribution is 2.38. The van der Waals surface area contributed by atoms with Crippen molar-refractivity contribution in [3.8, 4) is 0 Å². The van der Waals surface area contributed by atoms with Crippen molar-refractivity contribution in [2.24, 2.45) is 0 Å². The monoisotopic (exact) mass is 417 g/mol. The van der Waals surface area contributed by atoms with E-state index in [9.17, 15) is 14.4 Å². The fraction of sp³-hybridized carbons (Fsp3) is 0.591. The number of imide groups is 1. The molecule has 30 heavy (non-hydrogen) atoms. The standard InChI is InChI=1S/C22H31N3O5/c1-17(16-29-2)23-13-10-22(11-14-23)20(27)24(15-19(26)30-3)21(28)25(22)12-9-18-7-5-4-6-8-18/h4-8,17H,9-16H2,1-3H3/t17-/m0/s1. The first kappa shape index (κ1) is 22.2. The van der Waals surface area contributed by atoms with Crippen LogP contribution in [0.2, 0.25) is 0 Å². The van der Waals surface area contributed by atoms with E-state index in [4.69, 9.17) is 9.47 Å². The molecule has 8 nitrogen and oxygen atoms in total. The molecule has 2 aliphatic rings. The minimum Gasteiger partial charge on any atom is -0.468 e. The lowest BCUT2D eigenvalue weighted by atomic mass is 9.85. The molecule has 2 aliphatic heterocycles. The van der Waals surface area contributed by atoms with Crippen LogP contribution in [0.25, 0.3) is 0 Å². The zero-order valence-corrected chi connectivity index (χ0v) is 18.0. The molecule has 0 N–H and O–H groups in total. The third-order valence-electron chi connectivity index (χ3n) is 6.26. The predicted octanol–water partition coefficient (Wildman–Crippen LogP) is 1.54. The van der Waals surface area contributed by atoms with E-state index in [1.54, 1.807) is 12.0 Å². The van der Waals surface area contributed by atoms with Crippen molar-refractivity contribution in [2.75, 3.05) is 47.0 Å². The number of urea groups is 1. The Morgan fingerprint density at radius 3 is 2.40 bits per heavy atom. The first-order valence-corrected chi connectivity index (χ1v) is 10.4. The maximum absolute atomic E-state index is 13.4. The molecule has 0 aromatic heterocycles. The average molecular weight is 418 g/mol. The minimum absolute atomic E-state index is 0.239. The summed E-state index contributed by atoms with van der Waals surface area (Å²) >= 11 is 0. The van der Waals surface area contributed by atoms with E-state index < -0.39 is 17.5 Å². The number of hydrogen-bond donors (Lipinski definition) is 0. The Morgan fingerprint density at radius 2 is 1.80 bits per heavy atom. The summed E-state index contributed by atoms with van der Waals surface area (Å²) in [7, 11) is 2.93. The molecule has 1 spiro atoms. The molecule has 0 bridgehead atoms. The van der Waals surface area contributed by atoms with Gasteiger partial charge >= 0.3 is 12.0 Å². The quantitative estimate of drug-likeness (QED) is 0.472. The summed E-state index contributed by atoms with van der Waals surface area (Å²) in [5.74, 6) is -0.882. The van der Waals surface area contributed by atoms with Gasteiger partial charge in [-0.05, 0) is 31.7 Å². The van der Waals surface area contributed by atoms with Crippen LogP contribution in [-0.4, -0.2) is 91.2 Å². The summed E-state index contributed by atoms with van der Waals surface area (Å²) in [6.45, 7) is 4.18. The van der Waals surface area contributed by atoms with Crippen molar-refractivity contribution in [2.45, 2.75) is 37.8 Å². The molecule has 1 aromatic carbocycles. The number of carbonyl (C=O) groups is 3. The Hall–Kier alpha value is -2.45. The molecule has 164 valence electrons. The van der Waals surface area contributed by atoms with Gasteiger partial charge in [0.15, 0.2) is 0 Å². The average Bonchev–Trinajstić information content (AvgIpc) is 2.94. The first-order valence-electron chi connectivity index (χ1n) is 10.4. The zero-order chi connectivity index (χ0) is 21.7. The number of hydrogen-bond acceptors (Lipinski definition) is 6. The normalized spacial score (nSPS) is 20.1. The van der Waals surface area contributed by atoms with E-state index >= 15 is 0 Å². The number of likely N-dealkylation sites (tertiary alicyclic amines) is 1. The van der Waals surface area contributed by atoms with Crippen LogP contribution in [0.5, 0.6) is 0 Å². The van der Waals surface area contributed by atoms with Gasteiger partial charge in [-0.3, -0.25) is 19.4 Å². The lowest BCUT2D eigenvalue weighted by molar-refractivity contribution is -0.146. The van der Waals surface area contributed by atoms with E-state index in [0.717, 1.165) is 10.5 Å². The second-order valence-corrected chi connectivity index (χ2v) is 8.01. The molecule has 3 amide bonds. The first-order chi connectivity index (χ1) is 14.4. The van der Waals surface area contributed by atoms with Gasteiger partial charge in [-0.25, -0.2) is 4.79 Å². The molecular formula is C22H31N3O5. The molecular weight excluding hydrogens is 386 g/mol. The third kappa shape index (κ3) is 4.34. The second-order valence-electron chi connectivity index (χ2n) is 8.01. The van der Waals surface area contributed by atoms with Gasteiger partial charge in [-0.15, -0.1) is 0 Å². The number of amides is 3. The van der Waals surface area contributed by atoms with Gasteiger partial charge in [0.2, 0.25) is 0 Å². The van der Waals surface area contributed by atoms with E-state index in [-0.39, 0.29) is 18.5 Å². The molecule has 2 heterocycles. The largest absolute Gasteiger partial charge is 0.468 e. The summed E-state index contributed by atoms with van der Waals surface area (Å²) in [6.07, 6.45) is 1.73. The van der Waals surface area contributed by atoms with Crippen molar-refractivity contribution in [3.63, 3.8) is 0 Å². The molecule has 8 heteroatoms. The highest BCUT2D eigenvalue weighted by atomic mass is 16.5. The van der Waals surface area contributed by atoms with Crippen LogP contribution < -0.4 is 0 Å². The molecule has 0 saturated carbocycles. The summed E-state index contributed by atoms with van der Waals surface area (Å²) in [5, 5.41) is 0. The predicted molar refractivity (Wildman–Crippen MR) is 111 cm³/mol. The van der Waals surface area contributed by atoms with Crippen molar-refractivity contribution in [1.29, 1.82) is 0 Å². The van der Waals surface area contributed by atoms with Gasteiger partial charge in [0.1, 0.15) is 12.1 Å². The van der Waals surface area contributed by atoms with Crippen LogP contribution in [0.15, 0.2) is 30.3 Å². The Bertz CT molecular complexity index is 761. The maximum atomic E-state index is 13.4. The van der Waals surface area contributed by atoms with Crippen molar-refractivity contribution in [1.82, 2.24) is 14.7 Å². The number of esters is 1. The number of rotatable bonds is 8. The number of carbonyl (C=O) groups excluding carboxylic acids is 3. The smallest absolute Gasteiger partial charge is 0.328 e. The Morgan fingerprint density at radius 1 is 1.13 bits per heavy atom. The summed E-state index contributed by atoms with van der Waals surface area (Å²) in [6, 6.07) is 9.72.